The van der Waals surface area contributed by atoms with Crippen molar-refractivity contribution in [3.05, 3.63) is 59.2 Å². The monoisotopic (exact) mass is 298 g/mol. The summed E-state index contributed by atoms with van der Waals surface area (Å²) in [4.78, 5) is 11.8. The Hall–Kier alpha value is -2.82. The molecule has 2 aromatic carbocycles. The Bertz CT molecular complexity index is 679. The van der Waals surface area contributed by atoms with Crippen molar-refractivity contribution in [1.82, 2.24) is 5.43 Å². The molecular weight excluding hydrogens is 280 g/mol. The van der Waals surface area contributed by atoms with Crippen LogP contribution in [0, 0.1) is 0 Å². The SMILES string of the molecule is CCc1ccc(CC(=O)N/N=C/c2ccc(O)c(O)c2)cc1. The number of phenolic OH excluding ortho intramolecular Hbond substituents is 2. The Morgan fingerprint density at radius 1 is 1.09 bits per heavy atom. The zero-order valence-electron chi connectivity index (χ0n) is 12.3. The molecule has 0 saturated heterocycles. The third-order valence-corrected chi connectivity index (χ3v) is 3.20. The van der Waals surface area contributed by atoms with Crippen LogP contribution in [0.2, 0.25) is 0 Å². The van der Waals surface area contributed by atoms with E-state index in [9.17, 15) is 15.0 Å². The highest BCUT2D eigenvalue weighted by molar-refractivity contribution is 5.83. The molecule has 0 spiro atoms. The average Bonchev–Trinajstić information content (AvgIpc) is 2.51. The first-order valence-electron chi connectivity index (χ1n) is 7.00. The number of carbonyl (C=O) groups is 1. The number of hydrogen-bond acceptors (Lipinski definition) is 4. The topological polar surface area (TPSA) is 81.9 Å². The van der Waals surface area contributed by atoms with Crippen molar-refractivity contribution in [1.29, 1.82) is 0 Å². The fraction of sp³-hybridized carbons (Fsp3) is 0.176. The largest absolute Gasteiger partial charge is 0.504 e. The summed E-state index contributed by atoms with van der Waals surface area (Å²) in [5, 5.41) is 22.4. The van der Waals surface area contributed by atoms with Crippen LogP contribution in [0.1, 0.15) is 23.6 Å². The lowest BCUT2D eigenvalue weighted by Crippen LogP contribution is -2.19. The molecule has 0 atom stereocenters. The predicted molar refractivity (Wildman–Crippen MR) is 85.0 cm³/mol. The fourth-order valence-electron chi connectivity index (χ4n) is 1.92. The number of phenols is 2. The summed E-state index contributed by atoms with van der Waals surface area (Å²) in [7, 11) is 0. The predicted octanol–water partition coefficient (Wildman–Crippen LogP) is 2.35. The lowest BCUT2D eigenvalue weighted by Gasteiger charge is -2.02. The normalized spacial score (nSPS) is 10.8. The molecule has 3 N–H and O–H groups in total. The number of hydrogen-bond donors (Lipinski definition) is 3. The van der Waals surface area contributed by atoms with Crippen LogP contribution in [-0.2, 0) is 17.6 Å². The van der Waals surface area contributed by atoms with Gasteiger partial charge in [-0.25, -0.2) is 5.43 Å². The molecule has 0 aliphatic rings. The molecular formula is C17H18N2O3. The molecule has 0 aliphatic carbocycles. The highest BCUT2D eigenvalue weighted by Crippen LogP contribution is 2.23. The summed E-state index contributed by atoms with van der Waals surface area (Å²) in [6.45, 7) is 2.08. The molecule has 0 heterocycles. The zero-order valence-corrected chi connectivity index (χ0v) is 12.3. The highest BCUT2D eigenvalue weighted by atomic mass is 16.3. The van der Waals surface area contributed by atoms with Gasteiger partial charge in [0.1, 0.15) is 0 Å². The van der Waals surface area contributed by atoms with Gasteiger partial charge in [0.15, 0.2) is 11.5 Å². The van der Waals surface area contributed by atoms with Crippen molar-refractivity contribution in [2.24, 2.45) is 5.10 Å². The quantitative estimate of drug-likeness (QED) is 0.450. The van der Waals surface area contributed by atoms with Crippen LogP contribution in [0.4, 0.5) is 0 Å². The molecule has 5 heteroatoms. The summed E-state index contributed by atoms with van der Waals surface area (Å²) < 4.78 is 0. The van der Waals surface area contributed by atoms with E-state index in [0.717, 1.165) is 12.0 Å². The van der Waals surface area contributed by atoms with E-state index in [0.29, 0.717) is 5.56 Å². The molecule has 0 unspecified atom stereocenters. The standard InChI is InChI=1S/C17H18N2O3/c1-2-12-3-5-13(6-4-12)10-17(22)19-18-11-14-7-8-15(20)16(21)9-14/h3-9,11,20-21H,2,10H2,1H3,(H,19,22)/b18-11+. The number of aromatic hydroxyl groups is 2. The highest BCUT2D eigenvalue weighted by Gasteiger charge is 2.02. The number of amides is 1. The van der Waals surface area contributed by atoms with E-state index < -0.39 is 0 Å². The van der Waals surface area contributed by atoms with Gasteiger partial charge in [0.2, 0.25) is 5.91 Å². The van der Waals surface area contributed by atoms with Crippen molar-refractivity contribution >= 4 is 12.1 Å². The smallest absolute Gasteiger partial charge is 0.244 e. The van der Waals surface area contributed by atoms with Gasteiger partial charge in [-0.2, -0.15) is 5.10 Å². The number of nitrogens with zero attached hydrogens (tertiary/aromatic N) is 1. The van der Waals surface area contributed by atoms with Crippen molar-refractivity contribution in [3.8, 4) is 11.5 Å². The molecule has 0 bridgehead atoms. The minimum Gasteiger partial charge on any atom is -0.504 e. The maximum Gasteiger partial charge on any atom is 0.244 e. The number of rotatable bonds is 5. The molecule has 1 amide bonds. The Morgan fingerprint density at radius 2 is 1.77 bits per heavy atom. The van der Waals surface area contributed by atoms with Crippen LogP contribution in [-0.4, -0.2) is 22.3 Å². The van der Waals surface area contributed by atoms with Gasteiger partial charge in [0.25, 0.3) is 0 Å². The second-order valence-corrected chi connectivity index (χ2v) is 4.89. The number of benzene rings is 2. The van der Waals surface area contributed by atoms with Crippen molar-refractivity contribution < 1.29 is 15.0 Å². The molecule has 0 saturated carbocycles. The van der Waals surface area contributed by atoms with E-state index in [4.69, 9.17) is 0 Å². The summed E-state index contributed by atoms with van der Waals surface area (Å²) in [5.41, 5.74) is 5.15. The second-order valence-electron chi connectivity index (χ2n) is 4.89. The van der Waals surface area contributed by atoms with E-state index in [1.165, 1.54) is 23.9 Å². The van der Waals surface area contributed by atoms with Gasteiger partial charge in [-0.15, -0.1) is 0 Å². The van der Waals surface area contributed by atoms with E-state index in [2.05, 4.69) is 17.5 Å². The minimum absolute atomic E-state index is 0.197. The molecule has 0 aromatic heterocycles. The number of hydrazone groups is 1. The average molecular weight is 298 g/mol. The molecule has 0 fully saturated rings. The van der Waals surface area contributed by atoms with Gasteiger partial charge in [-0.05, 0) is 41.3 Å². The van der Waals surface area contributed by atoms with Crippen molar-refractivity contribution in [2.75, 3.05) is 0 Å². The third kappa shape index (κ3) is 4.34. The van der Waals surface area contributed by atoms with Crippen LogP contribution < -0.4 is 5.43 Å². The first-order valence-corrected chi connectivity index (χ1v) is 7.00. The number of nitrogens with one attached hydrogen (secondary N) is 1. The van der Waals surface area contributed by atoms with Crippen LogP contribution in [0.15, 0.2) is 47.6 Å². The van der Waals surface area contributed by atoms with Crippen molar-refractivity contribution in [3.63, 3.8) is 0 Å². The molecule has 2 rings (SSSR count). The van der Waals surface area contributed by atoms with Gasteiger partial charge in [-0.3, -0.25) is 4.79 Å². The van der Waals surface area contributed by atoms with Gasteiger partial charge < -0.3 is 10.2 Å². The van der Waals surface area contributed by atoms with E-state index in [1.807, 2.05) is 24.3 Å². The molecule has 0 aliphatic heterocycles. The Labute approximate surface area is 128 Å². The van der Waals surface area contributed by atoms with E-state index in [-0.39, 0.29) is 23.8 Å². The van der Waals surface area contributed by atoms with Gasteiger partial charge in [0, 0.05) is 0 Å². The molecule has 114 valence electrons. The molecule has 5 nitrogen and oxygen atoms in total. The summed E-state index contributed by atoms with van der Waals surface area (Å²) in [6, 6.07) is 12.2. The summed E-state index contributed by atoms with van der Waals surface area (Å²) >= 11 is 0. The Balaban J connectivity index is 1.88. The number of carbonyl (C=O) groups excluding carboxylic acids is 1. The first-order chi connectivity index (χ1) is 10.6. The second kappa shape index (κ2) is 7.26. The molecule has 22 heavy (non-hydrogen) atoms. The van der Waals surface area contributed by atoms with E-state index >= 15 is 0 Å². The summed E-state index contributed by atoms with van der Waals surface area (Å²) in [6.07, 6.45) is 2.62. The maximum absolute atomic E-state index is 11.8. The first kappa shape index (κ1) is 15.6. The van der Waals surface area contributed by atoms with Crippen LogP contribution in [0.3, 0.4) is 0 Å². The number of aryl methyl sites for hydroxylation is 1. The maximum atomic E-state index is 11.8. The molecule has 0 radical (unpaired) electrons. The fourth-order valence-corrected chi connectivity index (χ4v) is 1.92. The van der Waals surface area contributed by atoms with Gasteiger partial charge in [-0.1, -0.05) is 31.2 Å². The third-order valence-electron chi connectivity index (χ3n) is 3.20. The zero-order chi connectivity index (χ0) is 15.9. The van der Waals surface area contributed by atoms with E-state index in [1.54, 1.807) is 6.07 Å². The lowest BCUT2D eigenvalue weighted by molar-refractivity contribution is -0.120. The molecule has 2 aromatic rings. The van der Waals surface area contributed by atoms with Crippen LogP contribution in [0.25, 0.3) is 0 Å². The van der Waals surface area contributed by atoms with Gasteiger partial charge >= 0.3 is 0 Å². The van der Waals surface area contributed by atoms with Gasteiger partial charge in [0.05, 0.1) is 12.6 Å². The van der Waals surface area contributed by atoms with Crippen LogP contribution in [0.5, 0.6) is 11.5 Å². The lowest BCUT2D eigenvalue weighted by atomic mass is 10.1. The van der Waals surface area contributed by atoms with Crippen LogP contribution >= 0.6 is 0 Å². The Morgan fingerprint density at radius 3 is 2.41 bits per heavy atom. The van der Waals surface area contributed by atoms with Crippen molar-refractivity contribution in [2.45, 2.75) is 19.8 Å². The Kier molecular flexibility index (Phi) is 5.14. The summed E-state index contributed by atoms with van der Waals surface area (Å²) in [5.74, 6) is -0.647. The minimum atomic E-state index is -0.230.